The number of amides is 2. The van der Waals surface area contributed by atoms with Gasteiger partial charge in [0.25, 0.3) is 5.91 Å². The number of nitrogens with zero attached hydrogens (tertiary/aromatic N) is 2. The second-order valence-corrected chi connectivity index (χ2v) is 8.20. The average molecular weight is 380 g/mol. The van der Waals surface area contributed by atoms with Gasteiger partial charge in [-0.3, -0.25) is 9.59 Å². The van der Waals surface area contributed by atoms with Gasteiger partial charge in [-0.25, -0.2) is 0 Å². The minimum Gasteiger partial charge on any atom is -0.461 e. The largest absolute Gasteiger partial charge is 0.461 e. The second-order valence-electron chi connectivity index (χ2n) is 8.20. The van der Waals surface area contributed by atoms with Gasteiger partial charge in [-0.05, 0) is 39.2 Å². The minimum atomic E-state index is 0.0313. The van der Waals surface area contributed by atoms with Crippen molar-refractivity contribution in [2.45, 2.75) is 39.5 Å². The normalized spacial score (nSPS) is 22.7. The van der Waals surface area contributed by atoms with Crippen LogP contribution in [0.15, 0.2) is 40.8 Å². The summed E-state index contributed by atoms with van der Waals surface area (Å²) in [6.07, 6.45) is 3.53. The summed E-state index contributed by atoms with van der Waals surface area (Å²) in [7, 11) is 0. The fourth-order valence-corrected chi connectivity index (χ4v) is 4.75. The lowest BCUT2D eigenvalue weighted by Crippen LogP contribution is -2.55. The molecule has 0 unspecified atom stereocenters. The third-order valence-electron chi connectivity index (χ3n) is 6.20. The summed E-state index contributed by atoms with van der Waals surface area (Å²) in [5.74, 6) is 1.68. The Morgan fingerprint density at radius 2 is 1.96 bits per heavy atom. The number of furan rings is 1. The van der Waals surface area contributed by atoms with Crippen molar-refractivity contribution in [3.05, 3.63) is 47.7 Å². The molecule has 2 aromatic rings. The fraction of sp³-hybridized carbons (Fsp3) is 0.478. The van der Waals surface area contributed by atoms with E-state index in [1.807, 2.05) is 60.0 Å². The molecule has 1 aromatic carbocycles. The van der Waals surface area contributed by atoms with Crippen LogP contribution >= 0.6 is 0 Å². The first-order valence-corrected chi connectivity index (χ1v) is 10.2. The molecular formula is C23H28N2O3. The van der Waals surface area contributed by atoms with Crippen molar-refractivity contribution in [2.24, 2.45) is 5.41 Å². The van der Waals surface area contributed by atoms with Crippen molar-refractivity contribution < 1.29 is 14.0 Å². The molecule has 5 heteroatoms. The number of benzene rings is 1. The number of likely N-dealkylation sites (tertiary alicyclic amines) is 2. The minimum absolute atomic E-state index is 0.0313. The Labute approximate surface area is 166 Å². The zero-order valence-electron chi connectivity index (χ0n) is 16.7. The molecule has 148 valence electrons. The van der Waals surface area contributed by atoms with Gasteiger partial charge in [-0.15, -0.1) is 0 Å². The van der Waals surface area contributed by atoms with E-state index in [4.69, 9.17) is 4.42 Å². The molecule has 1 spiro atoms. The molecule has 3 heterocycles. The van der Waals surface area contributed by atoms with E-state index < -0.39 is 0 Å². The molecular weight excluding hydrogens is 352 g/mol. The monoisotopic (exact) mass is 380 g/mol. The number of carbonyl (C=O) groups excluding carboxylic acids is 2. The lowest BCUT2D eigenvalue weighted by molar-refractivity contribution is -0.138. The summed E-state index contributed by atoms with van der Waals surface area (Å²) in [6, 6.07) is 11.7. The summed E-state index contributed by atoms with van der Waals surface area (Å²) >= 11 is 0. The molecule has 2 fully saturated rings. The van der Waals surface area contributed by atoms with Crippen molar-refractivity contribution in [1.82, 2.24) is 9.80 Å². The van der Waals surface area contributed by atoms with Crippen LogP contribution in [0.1, 0.15) is 48.7 Å². The molecule has 4 rings (SSSR count). The highest BCUT2D eigenvalue weighted by atomic mass is 16.3. The summed E-state index contributed by atoms with van der Waals surface area (Å²) in [5.41, 5.74) is 1.59. The van der Waals surface area contributed by atoms with E-state index in [0.29, 0.717) is 24.3 Å². The highest BCUT2D eigenvalue weighted by Crippen LogP contribution is 2.40. The van der Waals surface area contributed by atoms with Gasteiger partial charge in [0.1, 0.15) is 11.5 Å². The number of aryl methyl sites for hydroxylation is 1. The molecule has 0 bridgehead atoms. The standard InChI is InChI=1S/C23H28N2O3/c1-3-24-15-23(12-10-20(24)26)11-7-13-25(16-23)22(27)19-14-17(2)28-21(19)18-8-5-4-6-9-18/h4-6,8-9,14H,3,7,10-13,15-16H2,1-2H3/t23-/m0/s1. The number of piperidine rings is 2. The Kier molecular flexibility index (Phi) is 5.00. The van der Waals surface area contributed by atoms with E-state index in [2.05, 4.69) is 0 Å². The third kappa shape index (κ3) is 3.46. The lowest BCUT2D eigenvalue weighted by atomic mass is 9.73. The molecule has 28 heavy (non-hydrogen) atoms. The second kappa shape index (κ2) is 7.46. The first-order valence-electron chi connectivity index (χ1n) is 10.2. The lowest BCUT2D eigenvalue weighted by Gasteiger charge is -2.48. The van der Waals surface area contributed by atoms with Crippen LogP contribution in [-0.4, -0.2) is 47.8 Å². The van der Waals surface area contributed by atoms with Gasteiger partial charge in [0.2, 0.25) is 5.91 Å². The van der Waals surface area contributed by atoms with Gasteiger partial charge >= 0.3 is 0 Å². The Bertz CT molecular complexity index is 873. The maximum Gasteiger partial charge on any atom is 0.257 e. The van der Waals surface area contributed by atoms with E-state index >= 15 is 0 Å². The van der Waals surface area contributed by atoms with Crippen molar-refractivity contribution in [3.8, 4) is 11.3 Å². The molecule has 0 N–H and O–H groups in total. The van der Waals surface area contributed by atoms with Crippen molar-refractivity contribution in [2.75, 3.05) is 26.2 Å². The number of rotatable bonds is 3. The average Bonchev–Trinajstić information content (AvgIpc) is 3.12. The summed E-state index contributed by atoms with van der Waals surface area (Å²) in [5, 5.41) is 0. The van der Waals surface area contributed by atoms with E-state index in [9.17, 15) is 9.59 Å². The van der Waals surface area contributed by atoms with Gasteiger partial charge in [0.05, 0.1) is 5.56 Å². The first kappa shape index (κ1) is 18.8. The molecule has 2 aliphatic rings. The number of hydrogen-bond donors (Lipinski definition) is 0. The summed E-state index contributed by atoms with van der Waals surface area (Å²) < 4.78 is 5.90. The van der Waals surface area contributed by atoms with Gasteiger partial charge in [-0.1, -0.05) is 30.3 Å². The maximum absolute atomic E-state index is 13.4. The van der Waals surface area contributed by atoms with Gasteiger partial charge in [-0.2, -0.15) is 0 Å². The maximum atomic E-state index is 13.4. The Hall–Kier alpha value is -2.56. The molecule has 0 radical (unpaired) electrons. The SMILES string of the molecule is CCN1C[C@]2(CCCN(C(=O)c3cc(C)oc3-c3ccccc3)C2)CCC1=O. The molecule has 0 aliphatic carbocycles. The molecule has 5 nitrogen and oxygen atoms in total. The van der Waals surface area contributed by atoms with Gasteiger partial charge in [0, 0.05) is 43.6 Å². The van der Waals surface area contributed by atoms with Crippen LogP contribution < -0.4 is 0 Å². The van der Waals surface area contributed by atoms with E-state index in [-0.39, 0.29) is 17.2 Å². The third-order valence-corrected chi connectivity index (χ3v) is 6.20. The zero-order valence-corrected chi connectivity index (χ0v) is 16.7. The zero-order chi connectivity index (χ0) is 19.7. The molecule has 0 saturated carbocycles. The predicted octanol–water partition coefficient (Wildman–Crippen LogP) is 4.12. The number of hydrogen-bond acceptors (Lipinski definition) is 3. The Balaban J connectivity index is 1.59. The molecule has 2 aliphatic heterocycles. The van der Waals surface area contributed by atoms with Crippen LogP contribution in [0, 0.1) is 12.3 Å². The predicted molar refractivity (Wildman–Crippen MR) is 108 cm³/mol. The highest BCUT2D eigenvalue weighted by molar-refractivity contribution is 6.00. The summed E-state index contributed by atoms with van der Waals surface area (Å²) in [4.78, 5) is 29.5. The molecule has 1 atom stereocenters. The van der Waals surface area contributed by atoms with Crippen molar-refractivity contribution in [1.29, 1.82) is 0 Å². The highest BCUT2D eigenvalue weighted by Gasteiger charge is 2.42. The van der Waals surface area contributed by atoms with E-state index in [0.717, 1.165) is 50.2 Å². The number of carbonyl (C=O) groups is 2. The quantitative estimate of drug-likeness (QED) is 0.805. The van der Waals surface area contributed by atoms with Crippen LogP contribution in [0.2, 0.25) is 0 Å². The summed E-state index contributed by atoms with van der Waals surface area (Å²) in [6.45, 7) is 6.90. The molecule has 2 amide bonds. The van der Waals surface area contributed by atoms with E-state index in [1.165, 1.54) is 0 Å². The Morgan fingerprint density at radius 3 is 2.71 bits per heavy atom. The molecule has 2 saturated heterocycles. The van der Waals surface area contributed by atoms with Crippen LogP contribution in [0.5, 0.6) is 0 Å². The fourth-order valence-electron chi connectivity index (χ4n) is 4.75. The van der Waals surface area contributed by atoms with Gasteiger partial charge < -0.3 is 14.2 Å². The topological polar surface area (TPSA) is 53.8 Å². The van der Waals surface area contributed by atoms with E-state index in [1.54, 1.807) is 0 Å². The van der Waals surface area contributed by atoms with Crippen LogP contribution in [0.25, 0.3) is 11.3 Å². The first-order chi connectivity index (χ1) is 13.5. The molecule has 1 aromatic heterocycles. The van der Waals surface area contributed by atoms with Crippen LogP contribution in [-0.2, 0) is 4.79 Å². The Morgan fingerprint density at radius 1 is 1.18 bits per heavy atom. The smallest absolute Gasteiger partial charge is 0.257 e. The van der Waals surface area contributed by atoms with Gasteiger partial charge in [0.15, 0.2) is 0 Å². The van der Waals surface area contributed by atoms with Crippen molar-refractivity contribution in [3.63, 3.8) is 0 Å². The van der Waals surface area contributed by atoms with Crippen LogP contribution in [0.4, 0.5) is 0 Å². The van der Waals surface area contributed by atoms with Crippen molar-refractivity contribution >= 4 is 11.8 Å². The van der Waals surface area contributed by atoms with Crippen LogP contribution in [0.3, 0.4) is 0 Å².